The molecule has 1 aliphatic heterocycles. The molecule has 3 heteroatoms. The van der Waals surface area contributed by atoms with Crippen molar-refractivity contribution in [1.29, 1.82) is 0 Å². The largest absolute Gasteiger partial charge is 0.381 e. The maximum atomic E-state index is 5.74. The Morgan fingerprint density at radius 1 is 1.46 bits per heavy atom. The van der Waals surface area contributed by atoms with Crippen molar-refractivity contribution in [2.45, 2.75) is 32.2 Å². The minimum Gasteiger partial charge on any atom is -0.381 e. The van der Waals surface area contributed by atoms with Crippen LogP contribution in [0.2, 0.25) is 0 Å². The van der Waals surface area contributed by atoms with Crippen molar-refractivity contribution in [3.63, 3.8) is 0 Å². The molecular formula is C10H21NO2. The highest BCUT2D eigenvalue weighted by atomic mass is 16.5. The van der Waals surface area contributed by atoms with Crippen LogP contribution in [0.4, 0.5) is 0 Å². The first-order valence-electron chi connectivity index (χ1n) is 5.24. The van der Waals surface area contributed by atoms with Crippen molar-refractivity contribution in [2.75, 3.05) is 26.4 Å². The van der Waals surface area contributed by atoms with Crippen molar-refractivity contribution in [3.05, 3.63) is 0 Å². The van der Waals surface area contributed by atoms with Crippen molar-refractivity contribution < 1.29 is 9.47 Å². The summed E-state index contributed by atoms with van der Waals surface area (Å²) in [4.78, 5) is 0. The molecule has 0 aromatic rings. The van der Waals surface area contributed by atoms with Gasteiger partial charge in [-0.2, -0.15) is 0 Å². The molecule has 0 saturated carbocycles. The number of nitrogens with two attached hydrogens (primary N) is 1. The van der Waals surface area contributed by atoms with E-state index in [4.69, 9.17) is 15.2 Å². The fourth-order valence-corrected chi connectivity index (χ4v) is 1.42. The van der Waals surface area contributed by atoms with Crippen molar-refractivity contribution in [2.24, 2.45) is 11.7 Å². The Bertz CT molecular complexity index is 124. The Kier molecular flexibility index (Phi) is 5.35. The lowest BCUT2D eigenvalue weighted by Crippen LogP contribution is -2.27. The molecule has 1 saturated heterocycles. The molecular weight excluding hydrogens is 166 g/mol. The van der Waals surface area contributed by atoms with Crippen LogP contribution in [0.3, 0.4) is 0 Å². The van der Waals surface area contributed by atoms with Crippen molar-refractivity contribution in [1.82, 2.24) is 0 Å². The second-order valence-corrected chi connectivity index (χ2v) is 3.76. The highest BCUT2D eigenvalue weighted by molar-refractivity contribution is 4.63. The van der Waals surface area contributed by atoms with Crippen LogP contribution in [0.15, 0.2) is 0 Å². The quantitative estimate of drug-likeness (QED) is 0.702. The zero-order valence-electron chi connectivity index (χ0n) is 8.50. The van der Waals surface area contributed by atoms with Crippen LogP contribution in [0.25, 0.3) is 0 Å². The molecule has 1 unspecified atom stereocenters. The van der Waals surface area contributed by atoms with E-state index in [0.29, 0.717) is 12.5 Å². The van der Waals surface area contributed by atoms with E-state index >= 15 is 0 Å². The molecule has 0 bridgehead atoms. The lowest BCUT2D eigenvalue weighted by atomic mass is 10.0. The summed E-state index contributed by atoms with van der Waals surface area (Å²) in [6.45, 7) is 5.44. The molecule has 1 fully saturated rings. The normalized spacial score (nSPS) is 21.7. The van der Waals surface area contributed by atoms with Gasteiger partial charge in [0.05, 0.1) is 6.61 Å². The highest BCUT2D eigenvalue weighted by Crippen LogP contribution is 2.14. The number of ether oxygens (including phenoxy) is 2. The Hall–Kier alpha value is -0.120. The van der Waals surface area contributed by atoms with Gasteiger partial charge < -0.3 is 15.2 Å². The molecule has 0 radical (unpaired) electrons. The monoisotopic (exact) mass is 187 g/mol. The van der Waals surface area contributed by atoms with Gasteiger partial charge in [0.1, 0.15) is 0 Å². The molecule has 0 spiro atoms. The van der Waals surface area contributed by atoms with Gasteiger partial charge in [-0.25, -0.2) is 0 Å². The van der Waals surface area contributed by atoms with Crippen molar-refractivity contribution in [3.8, 4) is 0 Å². The van der Waals surface area contributed by atoms with E-state index in [-0.39, 0.29) is 6.04 Å². The summed E-state index contributed by atoms with van der Waals surface area (Å²) < 4.78 is 10.8. The first-order chi connectivity index (χ1) is 6.33. The third kappa shape index (κ3) is 4.60. The van der Waals surface area contributed by atoms with Gasteiger partial charge in [-0.15, -0.1) is 0 Å². The fourth-order valence-electron chi connectivity index (χ4n) is 1.42. The van der Waals surface area contributed by atoms with Crippen LogP contribution in [0, 0.1) is 5.92 Å². The molecule has 0 aromatic heterocycles. The van der Waals surface area contributed by atoms with E-state index in [1.807, 2.05) is 0 Å². The van der Waals surface area contributed by atoms with Gasteiger partial charge in [-0.1, -0.05) is 6.92 Å². The van der Waals surface area contributed by atoms with Crippen LogP contribution < -0.4 is 5.73 Å². The maximum absolute atomic E-state index is 5.74. The SMILES string of the molecule is CCC(N)COCC1CCOCC1. The zero-order chi connectivity index (χ0) is 9.52. The molecule has 0 amide bonds. The maximum Gasteiger partial charge on any atom is 0.0617 e. The molecule has 1 atom stereocenters. The second kappa shape index (κ2) is 6.35. The smallest absolute Gasteiger partial charge is 0.0617 e. The van der Waals surface area contributed by atoms with Gasteiger partial charge in [0.15, 0.2) is 0 Å². The lowest BCUT2D eigenvalue weighted by molar-refractivity contribution is 0.0174. The summed E-state index contributed by atoms with van der Waals surface area (Å²) in [7, 11) is 0. The van der Waals surface area contributed by atoms with E-state index in [9.17, 15) is 0 Å². The van der Waals surface area contributed by atoms with E-state index in [1.54, 1.807) is 0 Å². The van der Waals surface area contributed by atoms with Crippen LogP contribution >= 0.6 is 0 Å². The first kappa shape index (κ1) is 11.0. The topological polar surface area (TPSA) is 44.5 Å². The van der Waals surface area contributed by atoms with E-state index in [0.717, 1.165) is 39.1 Å². The molecule has 78 valence electrons. The van der Waals surface area contributed by atoms with E-state index in [1.165, 1.54) is 0 Å². The summed E-state index contributed by atoms with van der Waals surface area (Å²) in [5.74, 6) is 0.692. The summed E-state index contributed by atoms with van der Waals surface area (Å²) in [6, 6.07) is 0.208. The fraction of sp³-hybridized carbons (Fsp3) is 1.00. The van der Waals surface area contributed by atoms with Crippen LogP contribution in [0.5, 0.6) is 0 Å². The molecule has 3 nitrogen and oxygen atoms in total. The van der Waals surface area contributed by atoms with Crippen LogP contribution in [-0.2, 0) is 9.47 Å². The van der Waals surface area contributed by atoms with Gasteiger partial charge in [0.25, 0.3) is 0 Å². The molecule has 2 N–H and O–H groups in total. The van der Waals surface area contributed by atoms with Crippen molar-refractivity contribution >= 4 is 0 Å². The minimum atomic E-state index is 0.208. The first-order valence-corrected chi connectivity index (χ1v) is 5.24. The van der Waals surface area contributed by atoms with Crippen LogP contribution in [-0.4, -0.2) is 32.5 Å². The zero-order valence-corrected chi connectivity index (χ0v) is 8.50. The average molecular weight is 187 g/mol. The van der Waals surface area contributed by atoms with Crippen LogP contribution in [0.1, 0.15) is 26.2 Å². The lowest BCUT2D eigenvalue weighted by Gasteiger charge is -2.22. The summed E-state index contributed by atoms with van der Waals surface area (Å²) in [5, 5.41) is 0. The molecule has 0 aromatic carbocycles. The third-order valence-corrected chi connectivity index (χ3v) is 2.55. The molecule has 1 aliphatic rings. The number of hydrogen-bond donors (Lipinski definition) is 1. The Balaban J connectivity index is 1.98. The van der Waals surface area contributed by atoms with Gasteiger partial charge in [-0.3, -0.25) is 0 Å². The number of rotatable bonds is 5. The predicted octanol–water partition coefficient (Wildman–Crippen LogP) is 1.17. The molecule has 13 heavy (non-hydrogen) atoms. The van der Waals surface area contributed by atoms with E-state index < -0.39 is 0 Å². The minimum absolute atomic E-state index is 0.208. The Morgan fingerprint density at radius 3 is 2.77 bits per heavy atom. The van der Waals surface area contributed by atoms with Gasteiger partial charge in [0.2, 0.25) is 0 Å². The van der Waals surface area contributed by atoms with Gasteiger partial charge in [0, 0.05) is 25.9 Å². The molecule has 1 heterocycles. The Morgan fingerprint density at radius 2 is 2.15 bits per heavy atom. The molecule has 0 aliphatic carbocycles. The number of hydrogen-bond acceptors (Lipinski definition) is 3. The van der Waals surface area contributed by atoms with E-state index in [2.05, 4.69) is 6.92 Å². The summed E-state index contributed by atoms with van der Waals surface area (Å²) >= 11 is 0. The van der Waals surface area contributed by atoms with Gasteiger partial charge >= 0.3 is 0 Å². The molecule has 1 rings (SSSR count). The summed E-state index contributed by atoms with van der Waals surface area (Å²) in [6.07, 6.45) is 3.27. The second-order valence-electron chi connectivity index (χ2n) is 3.76. The standard InChI is InChI=1S/C10H21NO2/c1-2-10(11)8-13-7-9-3-5-12-6-4-9/h9-10H,2-8,11H2,1H3. The summed E-state index contributed by atoms with van der Waals surface area (Å²) in [5.41, 5.74) is 5.74. The highest BCUT2D eigenvalue weighted by Gasteiger charge is 2.13. The third-order valence-electron chi connectivity index (χ3n) is 2.55. The Labute approximate surface area is 80.6 Å². The van der Waals surface area contributed by atoms with Gasteiger partial charge in [-0.05, 0) is 25.2 Å². The predicted molar refractivity (Wildman–Crippen MR) is 52.6 cm³/mol. The average Bonchev–Trinajstić information content (AvgIpc) is 2.19.